The zero-order chi connectivity index (χ0) is 21.1. The van der Waals surface area contributed by atoms with Gasteiger partial charge in [0.25, 0.3) is 0 Å². The molecule has 160 valence electrons. The lowest BCUT2D eigenvalue weighted by atomic mass is 10.1. The molecule has 1 aliphatic carbocycles. The van der Waals surface area contributed by atoms with Gasteiger partial charge < -0.3 is 9.80 Å². The number of para-hydroxylation sites is 1. The maximum atomic E-state index is 12.7. The lowest BCUT2D eigenvalue weighted by Gasteiger charge is -2.40. The number of nitrogens with zero attached hydrogens (tertiary/aromatic N) is 5. The van der Waals surface area contributed by atoms with Crippen LogP contribution >= 0.6 is 11.8 Å². The molecular formula is C22H29N5O2S. The molecule has 30 heavy (non-hydrogen) atoms. The SMILES string of the molecule is Cc1nnc(SCCCC(=O)N2CCN(C(=O)C3CC3)C(C)C2)n1-c1ccccc1. The van der Waals surface area contributed by atoms with Crippen LogP contribution in [-0.4, -0.2) is 67.8 Å². The summed E-state index contributed by atoms with van der Waals surface area (Å²) in [6.45, 7) is 5.95. The fraction of sp³-hybridized carbons (Fsp3) is 0.545. The average Bonchev–Trinajstić information content (AvgIpc) is 3.54. The van der Waals surface area contributed by atoms with Gasteiger partial charge in [-0.1, -0.05) is 30.0 Å². The molecule has 1 aromatic carbocycles. The van der Waals surface area contributed by atoms with Crippen molar-refractivity contribution in [1.29, 1.82) is 0 Å². The minimum atomic E-state index is 0.109. The number of rotatable bonds is 7. The standard InChI is InChI=1S/C22H29N5O2S/c1-16-15-25(12-13-26(16)21(29)18-10-11-18)20(28)9-6-14-30-22-24-23-17(2)27(22)19-7-4-3-5-8-19/h3-5,7-8,16,18H,6,9-15H2,1-2H3. The number of carbonyl (C=O) groups excluding carboxylic acids is 2. The number of benzene rings is 1. The van der Waals surface area contributed by atoms with E-state index in [9.17, 15) is 9.59 Å². The summed E-state index contributed by atoms with van der Waals surface area (Å²) in [6, 6.07) is 10.2. The van der Waals surface area contributed by atoms with Crippen LogP contribution in [0.2, 0.25) is 0 Å². The number of amides is 2. The van der Waals surface area contributed by atoms with Gasteiger partial charge in [-0.15, -0.1) is 10.2 Å². The zero-order valence-electron chi connectivity index (χ0n) is 17.7. The Hall–Kier alpha value is -2.35. The molecule has 1 unspecified atom stereocenters. The molecular weight excluding hydrogens is 398 g/mol. The molecule has 1 aromatic heterocycles. The summed E-state index contributed by atoms with van der Waals surface area (Å²) in [6.07, 6.45) is 3.37. The number of thioether (sulfide) groups is 1. The van der Waals surface area contributed by atoms with E-state index in [1.54, 1.807) is 11.8 Å². The molecule has 8 heteroatoms. The van der Waals surface area contributed by atoms with Crippen LogP contribution < -0.4 is 0 Å². The molecule has 1 saturated carbocycles. The van der Waals surface area contributed by atoms with Crippen molar-refractivity contribution >= 4 is 23.6 Å². The Morgan fingerprint density at radius 2 is 1.90 bits per heavy atom. The van der Waals surface area contributed by atoms with Gasteiger partial charge in [-0.05, 0) is 45.2 Å². The summed E-state index contributed by atoms with van der Waals surface area (Å²) >= 11 is 1.63. The average molecular weight is 428 g/mol. The van der Waals surface area contributed by atoms with E-state index in [1.165, 1.54) is 0 Å². The van der Waals surface area contributed by atoms with E-state index >= 15 is 0 Å². The highest BCUT2D eigenvalue weighted by atomic mass is 32.2. The first kappa shape index (κ1) is 20.9. The van der Waals surface area contributed by atoms with Gasteiger partial charge in [0.1, 0.15) is 5.82 Å². The predicted molar refractivity (Wildman–Crippen MR) is 117 cm³/mol. The summed E-state index contributed by atoms with van der Waals surface area (Å²) in [5.74, 6) is 2.37. The maximum absolute atomic E-state index is 12.7. The second-order valence-corrected chi connectivity index (χ2v) is 9.21. The molecule has 7 nitrogen and oxygen atoms in total. The van der Waals surface area contributed by atoms with Gasteiger partial charge >= 0.3 is 0 Å². The fourth-order valence-corrected chi connectivity index (χ4v) is 4.87. The summed E-state index contributed by atoms with van der Waals surface area (Å²) < 4.78 is 2.05. The number of hydrogen-bond acceptors (Lipinski definition) is 5. The molecule has 1 aliphatic heterocycles. The minimum absolute atomic E-state index is 0.109. The lowest BCUT2D eigenvalue weighted by Crippen LogP contribution is -2.55. The van der Waals surface area contributed by atoms with Crippen molar-refractivity contribution in [2.24, 2.45) is 5.92 Å². The number of aromatic nitrogens is 3. The Labute approximate surface area is 181 Å². The smallest absolute Gasteiger partial charge is 0.226 e. The number of hydrogen-bond donors (Lipinski definition) is 0. The van der Waals surface area contributed by atoms with Gasteiger partial charge in [0, 0.05) is 49.5 Å². The van der Waals surface area contributed by atoms with Gasteiger partial charge in [0.15, 0.2) is 5.16 Å². The first-order valence-corrected chi connectivity index (χ1v) is 11.7. The molecule has 0 spiro atoms. The van der Waals surface area contributed by atoms with Gasteiger partial charge in [-0.25, -0.2) is 0 Å². The lowest BCUT2D eigenvalue weighted by molar-refractivity contribution is -0.143. The summed E-state index contributed by atoms with van der Waals surface area (Å²) in [5.41, 5.74) is 1.05. The number of piperazine rings is 1. The third-order valence-corrected chi connectivity index (χ3v) is 6.78. The second-order valence-electron chi connectivity index (χ2n) is 8.15. The predicted octanol–water partition coefficient (Wildman–Crippen LogP) is 2.92. The largest absolute Gasteiger partial charge is 0.339 e. The number of carbonyl (C=O) groups is 2. The molecule has 0 bridgehead atoms. The van der Waals surface area contributed by atoms with Crippen LogP contribution in [0.15, 0.2) is 35.5 Å². The maximum Gasteiger partial charge on any atom is 0.226 e. The van der Waals surface area contributed by atoms with Crippen LogP contribution in [0.25, 0.3) is 5.69 Å². The first-order chi connectivity index (χ1) is 14.5. The summed E-state index contributed by atoms with van der Waals surface area (Å²) in [7, 11) is 0. The molecule has 2 aliphatic rings. The minimum Gasteiger partial charge on any atom is -0.339 e. The van der Waals surface area contributed by atoms with Crippen molar-refractivity contribution in [1.82, 2.24) is 24.6 Å². The molecule has 4 rings (SSSR count). The van der Waals surface area contributed by atoms with Crippen LogP contribution in [0.1, 0.15) is 38.4 Å². The third-order valence-electron chi connectivity index (χ3n) is 5.77. The van der Waals surface area contributed by atoms with Crippen molar-refractivity contribution < 1.29 is 9.59 Å². The molecule has 0 N–H and O–H groups in total. The van der Waals surface area contributed by atoms with Crippen LogP contribution in [0.4, 0.5) is 0 Å². The molecule has 1 saturated heterocycles. The molecule has 2 aromatic rings. The van der Waals surface area contributed by atoms with E-state index in [1.807, 2.05) is 58.5 Å². The van der Waals surface area contributed by atoms with Crippen LogP contribution in [0, 0.1) is 12.8 Å². The van der Waals surface area contributed by atoms with Gasteiger partial charge in [-0.2, -0.15) is 0 Å². The van der Waals surface area contributed by atoms with E-state index in [0.29, 0.717) is 26.1 Å². The van der Waals surface area contributed by atoms with E-state index < -0.39 is 0 Å². The molecule has 0 radical (unpaired) electrons. The van der Waals surface area contributed by atoms with Crippen molar-refractivity contribution in [2.75, 3.05) is 25.4 Å². The molecule has 2 amide bonds. The van der Waals surface area contributed by atoms with E-state index in [-0.39, 0.29) is 23.8 Å². The van der Waals surface area contributed by atoms with E-state index in [2.05, 4.69) is 10.2 Å². The Morgan fingerprint density at radius 3 is 2.60 bits per heavy atom. The second kappa shape index (κ2) is 9.20. The summed E-state index contributed by atoms with van der Waals surface area (Å²) in [5, 5.41) is 9.36. The van der Waals surface area contributed by atoms with Crippen molar-refractivity contribution in [3.63, 3.8) is 0 Å². The number of aryl methyl sites for hydroxylation is 1. The third kappa shape index (κ3) is 4.69. The van der Waals surface area contributed by atoms with E-state index in [4.69, 9.17) is 0 Å². The zero-order valence-corrected chi connectivity index (χ0v) is 18.5. The van der Waals surface area contributed by atoms with Gasteiger partial charge in [0.05, 0.1) is 0 Å². The Morgan fingerprint density at radius 1 is 1.13 bits per heavy atom. The van der Waals surface area contributed by atoms with Crippen LogP contribution in [0.3, 0.4) is 0 Å². The van der Waals surface area contributed by atoms with Crippen LogP contribution in [0.5, 0.6) is 0 Å². The normalized spacial score (nSPS) is 19.2. The molecule has 2 heterocycles. The van der Waals surface area contributed by atoms with Gasteiger partial charge in [0.2, 0.25) is 11.8 Å². The van der Waals surface area contributed by atoms with Crippen LogP contribution in [-0.2, 0) is 9.59 Å². The van der Waals surface area contributed by atoms with Crippen molar-refractivity contribution in [3.05, 3.63) is 36.2 Å². The summed E-state index contributed by atoms with van der Waals surface area (Å²) in [4.78, 5) is 28.9. The van der Waals surface area contributed by atoms with Crippen molar-refractivity contribution in [3.8, 4) is 5.69 Å². The Balaban J connectivity index is 1.24. The topological polar surface area (TPSA) is 71.3 Å². The highest BCUT2D eigenvalue weighted by molar-refractivity contribution is 7.99. The molecule has 2 fully saturated rings. The van der Waals surface area contributed by atoms with Crippen molar-refractivity contribution in [2.45, 2.75) is 50.7 Å². The highest BCUT2D eigenvalue weighted by Crippen LogP contribution is 2.32. The quantitative estimate of drug-likeness (QED) is 0.502. The first-order valence-electron chi connectivity index (χ1n) is 10.7. The Kier molecular flexibility index (Phi) is 6.41. The Bertz CT molecular complexity index is 896. The molecule has 1 atom stereocenters. The van der Waals surface area contributed by atoms with E-state index in [0.717, 1.165) is 41.7 Å². The van der Waals surface area contributed by atoms with Gasteiger partial charge in [-0.3, -0.25) is 14.2 Å². The monoisotopic (exact) mass is 427 g/mol. The fourth-order valence-electron chi connectivity index (χ4n) is 3.93. The highest BCUT2D eigenvalue weighted by Gasteiger charge is 2.37.